The molecular weight excluding hydrogens is 232 g/mol. The van der Waals surface area contributed by atoms with Gasteiger partial charge in [-0.1, -0.05) is 18.2 Å². The van der Waals surface area contributed by atoms with Gasteiger partial charge < -0.3 is 15.8 Å². The molecule has 0 aromatic heterocycles. The van der Waals surface area contributed by atoms with Crippen LogP contribution >= 0.6 is 0 Å². The molecule has 0 aliphatic rings. The molecule has 0 saturated carbocycles. The fourth-order valence-corrected chi connectivity index (χ4v) is 1.47. The predicted molar refractivity (Wildman–Crippen MR) is 68.8 cm³/mol. The highest BCUT2D eigenvalue weighted by Crippen LogP contribution is 2.10. The van der Waals surface area contributed by atoms with Crippen LogP contribution in [0.25, 0.3) is 0 Å². The van der Waals surface area contributed by atoms with Crippen molar-refractivity contribution in [1.29, 1.82) is 0 Å². The largest absolute Gasteiger partial charge is 0.466 e. The number of ether oxygens (including phenoxy) is 1. The molecule has 3 N–H and O–H groups in total. The van der Waals surface area contributed by atoms with Crippen molar-refractivity contribution in [1.82, 2.24) is 5.32 Å². The van der Waals surface area contributed by atoms with Gasteiger partial charge in [0.05, 0.1) is 19.4 Å². The van der Waals surface area contributed by atoms with E-state index in [-0.39, 0.29) is 31.3 Å². The van der Waals surface area contributed by atoms with Gasteiger partial charge in [-0.25, -0.2) is 0 Å². The van der Waals surface area contributed by atoms with Crippen molar-refractivity contribution in [3.63, 3.8) is 0 Å². The van der Waals surface area contributed by atoms with E-state index in [4.69, 9.17) is 10.5 Å². The summed E-state index contributed by atoms with van der Waals surface area (Å²) in [5.41, 5.74) is 7.11. The van der Waals surface area contributed by atoms with E-state index in [1.165, 1.54) is 0 Å². The lowest BCUT2D eigenvalue weighted by molar-refractivity contribution is -0.143. The third kappa shape index (κ3) is 4.86. The van der Waals surface area contributed by atoms with Crippen molar-refractivity contribution in [2.24, 2.45) is 0 Å². The number of amides is 1. The topological polar surface area (TPSA) is 81.4 Å². The second-order valence-corrected chi connectivity index (χ2v) is 3.78. The molecule has 1 rings (SSSR count). The van der Waals surface area contributed by atoms with E-state index in [1.807, 2.05) is 12.1 Å². The molecule has 0 heterocycles. The second kappa shape index (κ2) is 7.32. The van der Waals surface area contributed by atoms with Crippen LogP contribution in [-0.4, -0.2) is 25.0 Å². The standard InChI is InChI=1S/C13H18N2O3/c1-2-18-13(17)7-8-15-12(16)9-10-5-3-4-6-11(10)14/h3-6H,2,7-9,14H2,1H3,(H,15,16). The molecule has 1 amide bonds. The van der Waals surface area contributed by atoms with E-state index in [0.717, 1.165) is 5.56 Å². The average Bonchev–Trinajstić information content (AvgIpc) is 2.32. The van der Waals surface area contributed by atoms with Gasteiger partial charge in [0.1, 0.15) is 0 Å². The summed E-state index contributed by atoms with van der Waals surface area (Å²) in [7, 11) is 0. The average molecular weight is 250 g/mol. The molecule has 18 heavy (non-hydrogen) atoms. The van der Waals surface area contributed by atoms with Gasteiger partial charge in [-0.15, -0.1) is 0 Å². The SMILES string of the molecule is CCOC(=O)CCNC(=O)Cc1ccccc1N. The van der Waals surface area contributed by atoms with Crippen LogP contribution in [0.5, 0.6) is 0 Å². The highest BCUT2D eigenvalue weighted by Gasteiger charge is 2.07. The fraction of sp³-hybridized carbons (Fsp3) is 0.385. The number of hydrogen-bond acceptors (Lipinski definition) is 4. The molecule has 0 saturated heterocycles. The summed E-state index contributed by atoms with van der Waals surface area (Å²) in [6, 6.07) is 7.20. The van der Waals surface area contributed by atoms with Gasteiger partial charge in [0.25, 0.3) is 0 Å². The molecule has 0 aliphatic carbocycles. The Labute approximate surface area is 106 Å². The summed E-state index contributed by atoms with van der Waals surface area (Å²) in [6.07, 6.45) is 0.402. The minimum atomic E-state index is -0.308. The van der Waals surface area contributed by atoms with Crippen LogP contribution in [0, 0.1) is 0 Å². The molecule has 5 nitrogen and oxygen atoms in total. The van der Waals surface area contributed by atoms with Crippen molar-refractivity contribution in [3.05, 3.63) is 29.8 Å². The normalized spacial score (nSPS) is 9.83. The Morgan fingerprint density at radius 2 is 2.06 bits per heavy atom. The number of nitrogens with one attached hydrogen (secondary N) is 1. The Hall–Kier alpha value is -2.04. The molecule has 0 unspecified atom stereocenters. The fourth-order valence-electron chi connectivity index (χ4n) is 1.47. The van der Waals surface area contributed by atoms with Crippen molar-refractivity contribution >= 4 is 17.6 Å². The number of hydrogen-bond donors (Lipinski definition) is 2. The number of anilines is 1. The van der Waals surface area contributed by atoms with Gasteiger partial charge in [0.2, 0.25) is 5.91 Å². The number of rotatable bonds is 6. The number of carbonyl (C=O) groups excluding carboxylic acids is 2. The smallest absolute Gasteiger partial charge is 0.307 e. The molecule has 1 aromatic rings. The van der Waals surface area contributed by atoms with Crippen LogP contribution in [0.3, 0.4) is 0 Å². The summed E-state index contributed by atoms with van der Waals surface area (Å²) < 4.78 is 4.75. The zero-order valence-corrected chi connectivity index (χ0v) is 10.4. The monoisotopic (exact) mass is 250 g/mol. The van der Waals surface area contributed by atoms with Gasteiger partial charge in [0.15, 0.2) is 0 Å². The number of benzene rings is 1. The summed E-state index contributed by atoms with van der Waals surface area (Å²) in [6.45, 7) is 2.38. The summed E-state index contributed by atoms with van der Waals surface area (Å²) in [4.78, 5) is 22.6. The van der Waals surface area contributed by atoms with Gasteiger partial charge >= 0.3 is 5.97 Å². The van der Waals surface area contributed by atoms with Crippen molar-refractivity contribution in [3.8, 4) is 0 Å². The highest BCUT2D eigenvalue weighted by molar-refractivity contribution is 5.80. The zero-order chi connectivity index (χ0) is 13.4. The lowest BCUT2D eigenvalue weighted by Crippen LogP contribution is -2.28. The highest BCUT2D eigenvalue weighted by atomic mass is 16.5. The number of esters is 1. The molecular formula is C13H18N2O3. The second-order valence-electron chi connectivity index (χ2n) is 3.78. The first-order valence-electron chi connectivity index (χ1n) is 5.89. The van der Waals surface area contributed by atoms with Gasteiger partial charge in [-0.05, 0) is 18.6 Å². The molecule has 0 aliphatic heterocycles. The van der Waals surface area contributed by atoms with Crippen molar-refractivity contribution in [2.75, 3.05) is 18.9 Å². The summed E-state index contributed by atoms with van der Waals surface area (Å²) in [5.74, 6) is -0.464. The number of nitrogen functional groups attached to an aromatic ring is 1. The molecule has 0 radical (unpaired) electrons. The number of carbonyl (C=O) groups is 2. The van der Waals surface area contributed by atoms with E-state index in [0.29, 0.717) is 12.3 Å². The maximum absolute atomic E-state index is 11.6. The van der Waals surface area contributed by atoms with Gasteiger partial charge in [-0.3, -0.25) is 9.59 Å². The third-order valence-electron chi connectivity index (χ3n) is 2.36. The van der Waals surface area contributed by atoms with Crippen molar-refractivity contribution < 1.29 is 14.3 Å². The molecule has 0 fully saturated rings. The Balaban J connectivity index is 2.30. The minimum Gasteiger partial charge on any atom is -0.466 e. The van der Waals surface area contributed by atoms with Crippen LogP contribution in [0.2, 0.25) is 0 Å². The van der Waals surface area contributed by atoms with Crippen LogP contribution in [0.1, 0.15) is 18.9 Å². The Morgan fingerprint density at radius 1 is 1.33 bits per heavy atom. The maximum atomic E-state index is 11.6. The Kier molecular flexibility index (Phi) is 5.70. The number of nitrogens with two attached hydrogens (primary N) is 1. The first kappa shape index (κ1) is 14.0. The maximum Gasteiger partial charge on any atom is 0.307 e. The van der Waals surface area contributed by atoms with Crippen LogP contribution in [-0.2, 0) is 20.7 Å². The molecule has 98 valence electrons. The van der Waals surface area contributed by atoms with Gasteiger partial charge in [-0.2, -0.15) is 0 Å². The van der Waals surface area contributed by atoms with Crippen molar-refractivity contribution in [2.45, 2.75) is 19.8 Å². The first-order chi connectivity index (χ1) is 8.63. The van der Waals surface area contributed by atoms with E-state index in [9.17, 15) is 9.59 Å². The molecule has 0 spiro atoms. The lowest BCUT2D eigenvalue weighted by Gasteiger charge is -2.07. The third-order valence-corrected chi connectivity index (χ3v) is 2.36. The molecule has 0 atom stereocenters. The quantitative estimate of drug-likeness (QED) is 0.580. The van der Waals surface area contributed by atoms with E-state index in [2.05, 4.69) is 5.32 Å². The molecule has 1 aromatic carbocycles. The van der Waals surface area contributed by atoms with E-state index < -0.39 is 0 Å². The minimum absolute atomic E-state index is 0.155. The lowest BCUT2D eigenvalue weighted by atomic mass is 10.1. The van der Waals surface area contributed by atoms with E-state index >= 15 is 0 Å². The summed E-state index contributed by atoms with van der Waals surface area (Å²) >= 11 is 0. The van der Waals surface area contributed by atoms with Crippen LogP contribution in [0.4, 0.5) is 5.69 Å². The zero-order valence-electron chi connectivity index (χ0n) is 10.4. The first-order valence-corrected chi connectivity index (χ1v) is 5.89. The molecule has 5 heteroatoms. The van der Waals surface area contributed by atoms with E-state index in [1.54, 1.807) is 19.1 Å². The Morgan fingerprint density at radius 3 is 2.72 bits per heavy atom. The predicted octanol–water partition coefficient (Wildman–Crippen LogP) is 0.881. The molecule has 0 bridgehead atoms. The summed E-state index contributed by atoms with van der Waals surface area (Å²) in [5, 5.41) is 2.65. The van der Waals surface area contributed by atoms with Crippen LogP contribution < -0.4 is 11.1 Å². The Bertz CT molecular complexity index is 418. The van der Waals surface area contributed by atoms with Crippen LogP contribution in [0.15, 0.2) is 24.3 Å². The number of para-hydroxylation sites is 1. The van der Waals surface area contributed by atoms with Gasteiger partial charge in [0, 0.05) is 12.2 Å².